The quantitative estimate of drug-likeness (QED) is 0.393. The lowest BCUT2D eigenvalue weighted by Gasteiger charge is -2.16. The number of nitrogens with one attached hydrogen (secondary N) is 3. The Morgan fingerprint density at radius 2 is 2.35 bits per heavy atom. The Bertz CT molecular complexity index is 324. The molecule has 0 saturated heterocycles. The van der Waals surface area contributed by atoms with Gasteiger partial charge in [-0.25, -0.2) is 10.4 Å². The van der Waals surface area contributed by atoms with Gasteiger partial charge in [0, 0.05) is 24.9 Å². The van der Waals surface area contributed by atoms with Gasteiger partial charge in [0.25, 0.3) is 0 Å². The molecule has 0 aliphatic rings. The van der Waals surface area contributed by atoms with Crippen molar-refractivity contribution in [2.75, 3.05) is 6.54 Å². The number of imidazole rings is 1. The Morgan fingerprint density at radius 3 is 2.88 bits per heavy atom. The minimum absolute atomic E-state index is 0.345. The lowest BCUT2D eigenvalue weighted by atomic mass is 10.0. The summed E-state index contributed by atoms with van der Waals surface area (Å²) < 4.78 is 0. The third-order valence-electron chi connectivity index (χ3n) is 2.36. The Hall–Kier alpha value is -1.40. The van der Waals surface area contributed by atoms with E-state index in [1.54, 1.807) is 12.5 Å². The van der Waals surface area contributed by atoms with Crippen LogP contribution in [0.1, 0.15) is 26.0 Å². The van der Waals surface area contributed by atoms with E-state index in [9.17, 15) is 4.79 Å². The molecule has 0 aromatic carbocycles. The van der Waals surface area contributed by atoms with Gasteiger partial charge in [0.1, 0.15) is 6.04 Å². The molecule has 1 atom stereocenters. The molecule has 1 unspecified atom stereocenters. The molecule has 6 nitrogen and oxygen atoms in total. The molecule has 0 fully saturated rings. The smallest absolute Gasteiger partial charge is 0.322 e. The summed E-state index contributed by atoms with van der Waals surface area (Å²) in [4.78, 5) is 17.8. The molecule has 0 radical (unpaired) electrons. The van der Waals surface area contributed by atoms with Crippen molar-refractivity contribution in [1.29, 1.82) is 0 Å². The van der Waals surface area contributed by atoms with Crippen LogP contribution in [0.4, 0.5) is 0 Å². The van der Waals surface area contributed by atoms with E-state index < -0.39 is 12.0 Å². The van der Waals surface area contributed by atoms with Crippen LogP contribution < -0.4 is 10.9 Å². The summed E-state index contributed by atoms with van der Waals surface area (Å²) in [6, 6.07) is -0.545. The van der Waals surface area contributed by atoms with Crippen molar-refractivity contribution >= 4 is 5.97 Å². The first-order valence-electron chi connectivity index (χ1n) is 5.78. The van der Waals surface area contributed by atoms with Crippen molar-refractivity contribution in [3.8, 4) is 0 Å². The third-order valence-corrected chi connectivity index (χ3v) is 2.36. The van der Waals surface area contributed by atoms with Gasteiger partial charge < -0.3 is 10.1 Å². The number of hydrogen-bond donors (Lipinski definition) is 4. The van der Waals surface area contributed by atoms with E-state index in [2.05, 4.69) is 20.8 Å². The van der Waals surface area contributed by atoms with Gasteiger partial charge in [-0.05, 0) is 12.3 Å². The molecule has 1 aromatic heterocycles. The molecular formula is C11H20N4O2. The normalized spacial score (nSPS) is 12.9. The van der Waals surface area contributed by atoms with Crippen LogP contribution in [0.5, 0.6) is 0 Å². The highest BCUT2D eigenvalue weighted by molar-refractivity contribution is 5.73. The van der Waals surface area contributed by atoms with E-state index >= 15 is 0 Å². The van der Waals surface area contributed by atoms with E-state index in [4.69, 9.17) is 5.11 Å². The number of carboxylic acid groups (broad SMARTS) is 1. The number of rotatable bonds is 8. The van der Waals surface area contributed by atoms with Crippen molar-refractivity contribution in [3.05, 3.63) is 18.2 Å². The van der Waals surface area contributed by atoms with Crippen molar-refractivity contribution < 1.29 is 9.90 Å². The monoisotopic (exact) mass is 240 g/mol. The molecule has 0 amide bonds. The Balaban J connectivity index is 2.20. The minimum Gasteiger partial charge on any atom is -0.480 e. The number of aromatic nitrogens is 2. The zero-order valence-corrected chi connectivity index (χ0v) is 10.2. The first-order valence-corrected chi connectivity index (χ1v) is 5.78. The highest BCUT2D eigenvalue weighted by atomic mass is 16.4. The summed E-state index contributed by atoms with van der Waals surface area (Å²) in [7, 11) is 0. The van der Waals surface area contributed by atoms with Crippen molar-refractivity contribution in [2.45, 2.75) is 32.7 Å². The van der Waals surface area contributed by atoms with Crippen LogP contribution in [0.2, 0.25) is 0 Å². The Kier molecular flexibility index (Phi) is 5.65. The fourth-order valence-electron chi connectivity index (χ4n) is 1.51. The van der Waals surface area contributed by atoms with E-state index in [1.807, 2.05) is 13.8 Å². The fourth-order valence-corrected chi connectivity index (χ4v) is 1.51. The molecule has 1 aromatic rings. The highest BCUT2D eigenvalue weighted by Crippen LogP contribution is 2.03. The number of hydrazine groups is 1. The van der Waals surface area contributed by atoms with Crippen LogP contribution in [0.3, 0.4) is 0 Å². The molecule has 4 N–H and O–H groups in total. The summed E-state index contributed by atoms with van der Waals surface area (Å²) in [5.41, 5.74) is 6.78. The maximum absolute atomic E-state index is 10.9. The maximum Gasteiger partial charge on any atom is 0.322 e. The summed E-state index contributed by atoms with van der Waals surface area (Å²) >= 11 is 0. The molecule has 0 spiro atoms. The molecule has 0 aliphatic heterocycles. The average molecular weight is 240 g/mol. The van der Waals surface area contributed by atoms with Crippen LogP contribution in [0.15, 0.2) is 12.5 Å². The lowest BCUT2D eigenvalue weighted by molar-refractivity contribution is -0.140. The van der Waals surface area contributed by atoms with Gasteiger partial charge in [-0.1, -0.05) is 13.8 Å². The zero-order valence-electron chi connectivity index (χ0n) is 10.2. The molecule has 6 heteroatoms. The lowest BCUT2D eigenvalue weighted by Crippen LogP contribution is -2.46. The molecular weight excluding hydrogens is 220 g/mol. The van der Waals surface area contributed by atoms with Crippen LogP contribution in [0, 0.1) is 5.92 Å². The molecule has 0 saturated carbocycles. The van der Waals surface area contributed by atoms with Gasteiger partial charge in [0.15, 0.2) is 0 Å². The first kappa shape index (κ1) is 13.7. The van der Waals surface area contributed by atoms with Gasteiger partial charge in [0.2, 0.25) is 0 Å². The standard InChI is InChI=1S/C11H20N4O2/c1-8(2)5-10(11(16)17)15-14-4-3-9-6-12-7-13-9/h6-8,10,14-15H,3-5H2,1-2H3,(H,12,13)(H,16,17). The summed E-state index contributed by atoms with van der Waals surface area (Å²) in [5, 5.41) is 8.99. The van der Waals surface area contributed by atoms with Gasteiger partial charge in [-0.3, -0.25) is 10.2 Å². The topological polar surface area (TPSA) is 90.0 Å². The fraction of sp³-hybridized carbons (Fsp3) is 0.636. The minimum atomic E-state index is -0.826. The highest BCUT2D eigenvalue weighted by Gasteiger charge is 2.17. The second kappa shape index (κ2) is 7.03. The zero-order chi connectivity index (χ0) is 12.7. The number of nitrogens with zero attached hydrogens (tertiary/aromatic N) is 1. The largest absolute Gasteiger partial charge is 0.480 e. The van der Waals surface area contributed by atoms with Crippen molar-refractivity contribution in [1.82, 2.24) is 20.8 Å². The van der Waals surface area contributed by atoms with Crippen LogP contribution in [0.25, 0.3) is 0 Å². The predicted octanol–water partition coefficient (Wildman–Crippen LogP) is 0.546. The molecule has 0 aliphatic carbocycles. The maximum atomic E-state index is 10.9. The number of aliphatic carboxylic acids is 1. The second-order valence-electron chi connectivity index (χ2n) is 4.42. The van der Waals surface area contributed by atoms with Gasteiger partial charge in [0.05, 0.1) is 6.33 Å². The predicted molar refractivity (Wildman–Crippen MR) is 64.3 cm³/mol. The summed E-state index contributed by atoms with van der Waals surface area (Å²) in [6.45, 7) is 4.66. The number of carbonyl (C=O) groups is 1. The first-order chi connectivity index (χ1) is 8.09. The van der Waals surface area contributed by atoms with Gasteiger partial charge in [-0.15, -0.1) is 0 Å². The molecule has 96 valence electrons. The number of carboxylic acids is 1. The Morgan fingerprint density at radius 1 is 1.59 bits per heavy atom. The van der Waals surface area contributed by atoms with Crippen LogP contribution >= 0.6 is 0 Å². The number of H-pyrrole nitrogens is 1. The summed E-state index contributed by atoms with van der Waals surface area (Å²) in [6.07, 6.45) is 4.76. The van der Waals surface area contributed by atoms with Crippen LogP contribution in [-0.4, -0.2) is 33.6 Å². The van der Waals surface area contributed by atoms with Gasteiger partial charge >= 0.3 is 5.97 Å². The molecule has 0 bridgehead atoms. The van der Waals surface area contributed by atoms with Gasteiger partial charge in [-0.2, -0.15) is 0 Å². The number of aromatic amines is 1. The van der Waals surface area contributed by atoms with Crippen molar-refractivity contribution in [3.63, 3.8) is 0 Å². The van der Waals surface area contributed by atoms with E-state index in [0.717, 1.165) is 12.1 Å². The number of hydrogen-bond acceptors (Lipinski definition) is 4. The Labute approximate surface area is 101 Å². The average Bonchev–Trinajstić information content (AvgIpc) is 2.74. The van der Waals surface area contributed by atoms with E-state index in [0.29, 0.717) is 18.9 Å². The molecule has 1 heterocycles. The van der Waals surface area contributed by atoms with Crippen LogP contribution in [-0.2, 0) is 11.2 Å². The SMILES string of the molecule is CC(C)CC(NNCCc1cnc[nH]1)C(=O)O. The second-order valence-corrected chi connectivity index (χ2v) is 4.42. The van der Waals surface area contributed by atoms with E-state index in [1.165, 1.54) is 0 Å². The van der Waals surface area contributed by atoms with E-state index in [-0.39, 0.29) is 0 Å². The third kappa shape index (κ3) is 5.46. The summed E-state index contributed by atoms with van der Waals surface area (Å²) in [5.74, 6) is -0.481. The van der Waals surface area contributed by atoms with Crippen molar-refractivity contribution in [2.24, 2.45) is 5.92 Å². The molecule has 17 heavy (non-hydrogen) atoms. The molecule has 1 rings (SSSR count).